The first-order valence-corrected chi connectivity index (χ1v) is 7.01. The molecule has 0 saturated heterocycles. The normalized spacial score (nSPS) is 10.6. The Balaban J connectivity index is 1.92. The third-order valence-corrected chi connectivity index (χ3v) is 3.93. The molecule has 0 radical (unpaired) electrons. The van der Waals surface area contributed by atoms with Crippen LogP contribution >= 0.6 is 11.3 Å². The minimum absolute atomic E-state index is 0.980. The lowest BCUT2D eigenvalue weighted by Gasteiger charge is -2.03. The van der Waals surface area contributed by atoms with Crippen molar-refractivity contribution in [3.8, 4) is 21.7 Å². The summed E-state index contributed by atoms with van der Waals surface area (Å²) in [5.41, 5.74) is 4.88. The number of hydrogen-bond acceptors (Lipinski definition) is 3. The van der Waals surface area contributed by atoms with Crippen LogP contribution in [0.3, 0.4) is 0 Å². The van der Waals surface area contributed by atoms with E-state index in [2.05, 4.69) is 65.7 Å². The molecule has 3 rings (SSSR count). The summed E-state index contributed by atoms with van der Waals surface area (Å²) in [6, 6.07) is 17.1. The van der Waals surface area contributed by atoms with E-state index in [1.165, 1.54) is 16.7 Å². The van der Waals surface area contributed by atoms with Crippen LogP contribution in [0.25, 0.3) is 21.7 Å². The highest BCUT2D eigenvalue weighted by Crippen LogP contribution is 2.26. The van der Waals surface area contributed by atoms with E-state index >= 15 is 0 Å². The second-order valence-corrected chi connectivity index (χ2v) is 5.75. The van der Waals surface area contributed by atoms with Crippen LogP contribution in [0.2, 0.25) is 0 Å². The van der Waals surface area contributed by atoms with E-state index in [-0.39, 0.29) is 0 Å². The molecule has 0 aliphatic heterocycles. The van der Waals surface area contributed by atoms with Gasteiger partial charge in [-0.1, -0.05) is 65.4 Å². The zero-order valence-electron chi connectivity index (χ0n) is 10.9. The number of nitrogens with zero attached hydrogens (tertiary/aromatic N) is 2. The van der Waals surface area contributed by atoms with Crippen molar-refractivity contribution in [3.63, 3.8) is 0 Å². The molecule has 3 heteroatoms. The molecule has 0 bridgehead atoms. The second kappa shape index (κ2) is 4.94. The van der Waals surface area contributed by atoms with Crippen LogP contribution in [0, 0.1) is 13.8 Å². The molecule has 0 amide bonds. The zero-order valence-corrected chi connectivity index (χ0v) is 11.7. The monoisotopic (exact) mass is 266 g/mol. The van der Waals surface area contributed by atoms with E-state index in [4.69, 9.17) is 0 Å². The summed E-state index contributed by atoms with van der Waals surface area (Å²) < 4.78 is 0. The average molecular weight is 266 g/mol. The van der Waals surface area contributed by atoms with Gasteiger partial charge in [0.15, 0.2) is 0 Å². The molecule has 0 N–H and O–H groups in total. The quantitative estimate of drug-likeness (QED) is 0.683. The fourth-order valence-electron chi connectivity index (χ4n) is 1.96. The van der Waals surface area contributed by atoms with Gasteiger partial charge in [0.05, 0.1) is 0 Å². The molecule has 1 heterocycles. The lowest BCUT2D eigenvalue weighted by Crippen LogP contribution is -1.80. The van der Waals surface area contributed by atoms with E-state index in [1.807, 2.05) is 6.92 Å². The summed E-state index contributed by atoms with van der Waals surface area (Å²) >= 11 is 1.62. The van der Waals surface area contributed by atoms with Gasteiger partial charge >= 0.3 is 0 Å². The van der Waals surface area contributed by atoms with Gasteiger partial charge in [0.25, 0.3) is 0 Å². The Labute approximate surface area is 116 Å². The molecule has 19 heavy (non-hydrogen) atoms. The van der Waals surface area contributed by atoms with Gasteiger partial charge in [-0.05, 0) is 25.0 Å². The fraction of sp³-hybridized carbons (Fsp3) is 0.125. The average Bonchev–Trinajstić information content (AvgIpc) is 2.87. The van der Waals surface area contributed by atoms with Crippen molar-refractivity contribution in [2.24, 2.45) is 0 Å². The fourth-order valence-corrected chi connectivity index (χ4v) is 2.66. The number of benzene rings is 2. The van der Waals surface area contributed by atoms with E-state index in [9.17, 15) is 0 Å². The molecular formula is C16H14N2S. The second-order valence-electron chi connectivity index (χ2n) is 4.57. The van der Waals surface area contributed by atoms with Crippen molar-refractivity contribution in [1.82, 2.24) is 10.2 Å². The van der Waals surface area contributed by atoms with Gasteiger partial charge in [-0.15, -0.1) is 10.2 Å². The molecule has 0 atom stereocenters. The molecule has 3 aromatic rings. The molecule has 0 fully saturated rings. The molecule has 1 aromatic heterocycles. The first-order valence-electron chi connectivity index (χ1n) is 6.20. The molecule has 2 nitrogen and oxygen atoms in total. The molecule has 0 unspecified atom stereocenters. The van der Waals surface area contributed by atoms with Crippen LogP contribution in [-0.4, -0.2) is 10.2 Å². The maximum absolute atomic E-state index is 4.17. The van der Waals surface area contributed by atoms with Crippen molar-refractivity contribution in [2.75, 3.05) is 0 Å². The zero-order chi connectivity index (χ0) is 13.2. The van der Waals surface area contributed by atoms with Gasteiger partial charge in [0.2, 0.25) is 0 Å². The van der Waals surface area contributed by atoms with Gasteiger partial charge < -0.3 is 0 Å². The topological polar surface area (TPSA) is 25.8 Å². The Bertz CT molecular complexity index is 682. The van der Waals surface area contributed by atoms with Crippen LogP contribution in [-0.2, 0) is 0 Å². The lowest BCUT2D eigenvalue weighted by molar-refractivity contribution is 1.05. The van der Waals surface area contributed by atoms with E-state index in [0.29, 0.717) is 0 Å². The maximum atomic E-state index is 4.17. The number of hydrogen-bond donors (Lipinski definition) is 0. The molecule has 0 spiro atoms. The van der Waals surface area contributed by atoms with Crippen LogP contribution in [0.4, 0.5) is 0 Å². The Morgan fingerprint density at radius 1 is 0.684 bits per heavy atom. The van der Waals surface area contributed by atoms with Crippen molar-refractivity contribution >= 4 is 11.3 Å². The minimum atomic E-state index is 0.980. The maximum Gasteiger partial charge on any atom is 0.147 e. The minimum Gasteiger partial charge on any atom is -0.143 e. The SMILES string of the molecule is Cc1ccc(-c2ccc(-c3nnc(C)s3)cc2)cc1. The van der Waals surface area contributed by atoms with E-state index in [1.54, 1.807) is 11.3 Å². The van der Waals surface area contributed by atoms with Crippen molar-refractivity contribution < 1.29 is 0 Å². The Morgan fingerprint density at radius 2 is 1.21 bits per heavy atom. The summed E-state index contributed by atoms with van der Waals surface area (Å²) in [4.78, 5) is 0. The van der Waals surface area contributed by atoms with Crippen LogP contribution in [0.1, 0.15) is 10.6 Å². The Kier molecular flexibility index (Phi) is 3.13. The standard InChI is InChI=1S/C16H14N2S/c1-11-3-5-13(6-4-11)14-7-9-15(10-8-14)16-18-17-12(2)19-16/h3-10H,1-2H3. The molecule has 0 aliphatic rings. The molecule has 0 aliphatic carbocycles. The summed E-state index contributed by atoms with van der Waals surface area (Å²) in [6.07, 6.45) is 0. The summed E-state index contributed by atoms with van der Waals surface area (Å²) in [7, 11) is 0. The van der Waals surface area contributed by atoms with Crippen LogP contribution in [0.15, 0.2) is 48.5 Å². The van der Waals surface area contributed by atoms with Gasteiger partial charge in [0, 0.05) is 5.56 Å². The van der Waals surface area contributed by atoms with Crippen LogP contribution in [0.5, 0.6) is 0 Å². The van der Waals surface area contributed by atoms with Crippen molar-refractivity contribution in [2.45, 2.75) is 13.8 Å². The highest BCUT2D eigenvalue weighted by molar-refractivity contribution is 7.14. The van der Waals surface area contributed by atoms with Crippen molar-refractivity contribution in [3.05, 3.63) is 59.1 Å². The Morgan fingerprint density at radius 3 is 1.74 bits per heavy atom. The van der Waals surface area contributed by atoms with Gasteiger partial charge in [-0.2, -0.15) is 0 Å². The smallest absolute Gasteiger partial charge is 0.143 e. The first kappa shape index (κ1) is 12.1. The van der Waals surface area contributed by atoms with Gasteiger partial charge in [-0.25, -0.2) is 0 Å². The predicted molar refractivity (Wildman–Crippen MR) is 80.3 cm³/mol. The number of aryl methyl sites for hydroxylation is 2. The number of aromatic nitrogens is 2. The largest absolute Gasteiger partial charge is 0.147 e. The molecule has 2 aromatic carbocycles. The summed E-state index contributed by atoms with van der Waals surface area (Å²) in [6.45, 7) is 4.08. The first-order chi connectivity index (χ1) is 9.22. The lowest BCUT2D eigenvalue weighted by atomic mass is 10.0. The third-order valence-electron chi connectivity index (χ3n) is 3.04. The highest BCUT2D eigenvalue weighted by atomic mass is 32.1. The van der Waals surface area contributed by atoms with Crippen molar-refractivity contribution in [1.29, 1.82) is 0 Å². The van der Waals surface area contributed by atoms with Gasteiger partial charge in [0.1, 0.15) is 10.0 Å². The number of rotatable bonds is 2. The van der Waals surface area contributed by atoms with E-state index in [0.717, 1.165) is 15.6 Å². The third kappa shape index (κ3) is 2.56. The predicted octanol–water partition coefficient (Wildman–Crippen LogP) is 4.49. The van der Waals surface area contributed by atoms with Gasteiger partial charge in [-0.3, -0.25) is 0 Å². The molecule has 0 saturated carbocycles. The summed E-state index contributed by atoms with van der Waals surface area (Å²) in [5.74, 6) is 0. The Hall–Kier alpha value is -2.00. The van der Waals surface area contributed by atoms with Crippen LogP contribution < -0.4 is 0 Å². The molecular weight excluding hydrogens is 252 g/mol. The summed E-state index contributed by atoms with van der Waals surface area (Å²) in [5, 5.41) is 10.2. The highest BCUT2D eigenvalue weighted by Gasteiger charge is 2.04. The van der Waals surface area contributed by atoms with E-state index < -0.39 is 0 Å². The molecule has 94 valence electrons.